The molecule has 0 N–H and O–H groups in total. The average Bonchev–Trinajstić information content (AvgIpc) is 2.83. The smallest absolute Gasteiger partial charge is 0.317 e. The molecule has 3 aromatic carbocycles. The number of hydrogen-bond donors (Lipinski definition) is 0. The molecule has 0 spiro atoms. The monoisotopic (exact) mass is 410 g/mol. The van der Waals surface area contributed by atoms with Crippen molar-refractivity contribution in [3.8, 4) is 0 Å². The Balaban J connectivity index is 1.95. The fraction of sp³-hybridized carbons (Fsp3) is 0.154. The summed E-state index contributed by atoms with van der Waals surface area (Å²) >= 11 is 0. The first-order valence-corrected chi connectivity index (χ1v) is 10.2. The number of ether oxygens (including phenoxy) is 1. The van der Waals surface area contributed by atoms with Crippen molar-refractivity contribution in [3.63, 3.8) is 0 Å². The highest BCUT2D eigenvalue weighted by molar-refractivity contribution is 6.10. The zero-order chi connectivity index (χ0) is 21.6. The van der Waals surface area contributed by atoms with Crippen LogP contribution in [0.2, 0.25) is 0 Å². The van der Waals surface area contributed by atoms with Crippen molar-refractivity contribution in [2.45, 2.75) is 12.8 Å². The van der Waals surface area contributed by atoms with Crippen LogP contribution in [0, 0.1) is 5.92 Å². The first-order chi connectivity index (χ1) is 15.2. The summed E-state index contributed by atoms with van der Waals surface area (Å²) in [6.45, 7) is 1.91. The summed E-state index contributed by atoms with van der Waals surface area (Å²) in [5, 5.41) is 10.3. The largest absolute Gasteiger partial charge is 0.465 e. The number of benzene rings is 3. The molecular formula is C26H22N2O3. The number of carbonyl (C=O) groups is 2. The van der Waals surface area contributed by atoms with Gasteiger partial charge in [-0.2, -0.15) is 10.2 Å². The van der Waals surface area contributed by atoms with Gasteiger partial charge in [0.15, 0.2) is 5.78 Å². The number of esters is 1. The van der Waals surface area contributed by atoms with Crippen LogP contribution in [0.15, 0.2) is 91.1 Å². The lowest BCUT2D eigenvalue weighted by Gasteiger charge is -2.25. The van der Waals surface area contributed by atoms with Crippen molar-refractivity contribution in [2.24, 2.45) is 5.92 Å². The van der Waals surface area contributed by atoms with E-state index in [1.54, 1.807) is 37.4 Å². The summed E-state index contributed by atoms with van der Waals surface area (Å²) in [4.78, 5) is 26.8. The predicted molar refractivity (Wildman–Crippen MR) is 119 cm³/mol. The van der Waals surface area contributed by atoms with Crippen LogP contribution in [0.1, 0.15) is 34.5 Å². The Morgan fingerprint density at radius 2 is 1.52 bits per heavy atom. The average molecular weight is 410 g/mol. The van der Waals surface area contributed by atoms with E-state index in [2.05, 4.69) is 10.2 Å². The van der Waals surface area contributed by atoms with Gasteiger partial charge >= 0.3 is 5.97 Å². The normalized spacial score (nSPS) is 12.8. The van der Waals surface area contributed by atoms with Crippen LogP contribution in [-0.2, 0) is 9.53 Å². The van der Waals surface area contributed by atoms with Gasteiger partial charge < -0.3 is 4.74 Å². The van der Waals surface area contributed by atoms with E-state index in [1.807, 2.05) is 60.7 Å². The maximum atomic E-state index is 13.6. The molecular weight excluding hydrogens is 388 g/mol. The van der Waals surface area contributed by atoms with Crippen LogP contribution in [0.25, 0.3) is 10.8 Å². The molecule has 5 nitrogen and oxygen atoms in total. The first-order valence-electron chi connectivity index (χ1n) is 10.2. The second-order valence-electron chi connectivity index (χ2n) is 7.17. The van der Waals surface area contributed by atoms with Crippen LogP contribution in [0.3, 0.4) is 0 Å². The molecule has 0 fully saturated rings. The highest BCUT2D eigenvalue weighted by Gasteiger charge is 2.40. The van der Waals surface area contributed by atoms with Gasteiger partial charge in [0.25, 0.3) is 0 Å². The summed E-state index contributed by atoms with van der Waals surface area (Å²) in [5.41, 5.74) is 1.83. The first kappa shape index (κ1) is 20.4. The second kappa shape index (κ2) is 9.30. The number of nitrogens with zero attached hydrogens (tertiary/aromatic N) is 2. The highest BCUT2D eigenvalue weighted by atomic mass is 16.5. The zero-order valence-corrected chi connectivity index (χ0v) is 17.1. The molecule has 0 amide bonds. The molecule has 2 unspecified atom stereocenters. The fourth-order valence-corrected chi connectivity index (χ4v) is 3.86. The van der Waals surface area contributed by atoms with Crippen molar-refractivity contribution >= 4 is 22.5 Å². The number of hydrogen-bond acceptors (Lipinski definition) is 5. The van der Waals surface area contributed by atoms with Crippen molar-refractivity contribution in [2.75, 3.05) is 6.61 Å². The number of fused-ring (bicyclic) bond motifs is 1. The van der Waals surface area contributed by atoms with Gasteiger partial charge in [-0.05, 0) is 12.5 Å². The van der Waals surface area contributed by atoms with Crippen LogP contribution in [0.4, 0.5) is 0 Å². The van der Waals surface area contributed by atoms with Crippen molar-refractivity contribution < 1.29 is 14.3 Å². The fourth-order valence-electron chi connectivity index (χ4n) is 3.86. The Morgan fingerprint density at radius 1 is 0.871 bits per heavy atom. The van der Waals surface area contributed by atoms with Crippen LogP contribution in [-0.4, -0.2) is 28.6 Å². The molecule has 154 valence electrons. The molecule has 4 rings (SSSR count). The maximum Gasteiger partial charge on any atom is 0.317 e. The van der Waals surface area contributed by atoms with Crippen LogP contribution in [0.5, 0.6) is 0 Å². The van der Waals surface area contributed by atoms with E-state index >= 15 is 0 Å². The minimum absolute atomic E-state index is 0.181. The lowest BCUT2D eigenvalue weighted by Crippen LogP contribution is -2.33. The third kappa shape index (κ3) is 4.21. The Kier molecular flexibility index (Phi) is 6.13. The maximum absolute atomic E-state index is 13.6. The lowest BCUT2D eigenvalue weighted by atomic mass is 9.78. The molecule has 31 heavy (non-hydrogen) atoms. The lowest BCUT2D eigenvalue weighted by molar-refractivity contribution is -0.146. The summed E-state index contributed by atoms with van der Waals surface area (Å²) in [6.07, 6.45) is 1.68. The Labute approximate surface area is 180 Å². The molecule has 1 heterocycles. The molecule has 0 aliphatic carbocycles. The van der Waals surface area contributed by atoms with E-state index < -0.39 is 17.8 Å². The number of carbonyl (C=O) groups excluding carboxylic acids is 2. The van der Waals surface area contributed by atoms with E-state index in [0.717, 1.165) is 16.3 Å². The molecule has 0 saturated heterocycles. The van der Waals surface area contributed by atoms with Gasteiger partial charge in [-0.3, -0.25) is 9.59 Å². The quantitative estimate of drug-likeness (QED) is 0.248. The molecule has 2 atom stereocenters. The van der Waals surface area contributed by atoms with E-state index in [-0.39, 0.29) is 12.4 Å². The number of rotatable bonds is 7. The van der Waals surface area contributed by atoms with Crippen molar-refractivity contribution in [3.05, 3.63) is 108 Å². The molecule has 1 aromatic heterocycles. The van der Waals surface area contributed by atoms with Crippen molar-refractivity contribution in [1.82, 2.24) is 10.2 Å². The third-order valence-corrected chi connectivity index (χ3v) is 5.27. The standard InChI is InChI=1S/C26H22N2O3/c1-2-31-26(30)23(25(29)19-13-7-4-8-14-19)22(18-11-5-3-6-12-18)24-21-16-10-9-15-20(21)17-27-28-24/h3-17,22-23H,2H2,1H3. The third-order valence-electron chi connectivity index (χ3n) is 5.27. The van der Waals surface area contributed by atoms with Gasteiger partial charge in [0, 0.05) is 22.3 Å². The SMILES string of the molecule is CCOC(=O)C(C(=O)c1ccccc1)C(c1ccccc1)c1nncc2ccccc12. The summed E-state index contributed by atoms with van der Waals surface area (Å²) in [7, 11) is 0. The summed E-state index contributed by atoms with van der Waals surface area (Å²) in [5.74, 6) is -2.61. The molecule has 0 radical (unpaired) electrons. The molecule has 0 aliphatic rings. The number of aromatic nitrogens is 2. The van der Waals surface area contributed by atoms with Crippen LogP contribution < -0.4 is 0 Å². The van der Waals surface area contributed by atoms with Crippen molar-refractivity contribution in [1.29, 1.82) is 0 Å². The van der Waals surface area contributed by atoms with Crippen LogP contribution >= 0.6 is 0 Å². The van der Waals surface area contributed by atoms with Gasteiger partial charge in [0.1, 0.15) is 5.92 Å². The minimum Gasteiger partial charge on any atom is -0.465 e. The predicted octanol–water partition coefficient (Wildman–Crippen LogP) is 4.82. The molecule has 0 bridgehead atoms. The minimum atomic E-state index is -1.09. The Bertz CT molecular complexity index is 1190. The molecule has 0 aliphatic heterocycles. The highest BCUT2D eigenvalue weighted by Crippen LogP contribution is 2.37. The van der Waals surface area contributed by atoms with Gasteiger partial charge in [0.05, 0.1) is 18.5 Å². The topological polar surface area (TPSA) is 69.2 Å². The molecule has 5 heteroatoms. The summed E-state index contributed by atoms with van der Waals surface area (Å²) in [6, 6.07) is 26.0. The second-order valence-corrected chi connectivity index (χ2v) is 7.17. The van der Waals surface area contributed by atoms with Gasteiger partial charge in [0.2, 0.25) is 0 Å². The summed E-state index contributed by atoms with van der Waals surface area (Å²) < 4.78 is 5.37. The number of ketones is 1. The van der Waals surface area contributed by atoms with Gasteiger partial charge in [-0.1, -0.05) is 84.9 Å². The number of Topliss-reactive ketones (excluding diaryl/α,β-unsaturated/α-hetero) is 1. The molecule has 0 saturated carbocycles. The zero-order valence-electron chi connectivity index (χ0n) is 17.1. The van der Waals surface area contributed by atoms with E-state index in [4.69, 9.17) is 4.74 Å². The van der Waals surface area contributed by atoms with Gasteiger partial charge in [-0.25, -0.2) is 0 Å². The Hall–Kier alpha value is -3.86. The van der Waals surface area contributed by atoms with E-state index in [9.17, 15) is 9.59 Å². The Morgan fingerprint density at radius 3 is 2.23 bits per heavy atom. The van der Waals surface area contributed by atoms with E-state index in [0.29, 0.717) is 11.3 Å². The van der Waals surface area contributed by atoms with E-state index in [1.165, 1.54) is 0 Å². The molecule has 4 aromatic rings. The van der Waals surface area contributed by atoms with Gasteiger partial charge in [-0.15, -0.1) is 0 Å².